The Morgan fingerprint density at radius 3 is 2.62 bits per heavy atom. The molecule has 2 aromatic rings. The normalized spacial score (nSPS) is 17.0. The highest BCUT2D eigenvalue weighted by molar-refractivity contribution is 6.08. The first-order chi connectivity index (χ1) is 11.6. The van der Waals surface area contributed by atoms with Crippen LogP contribution in [0.2, 0.25) is 0 Å². The highest BCUT2D eigenvalue weighted by Crippen LogP contribution is 2.16. The molecule has 0 saturated carbocycles. The second kappa shape index (κ2) is 6.70. The topological polar surface area (TPSA) is 71.4 Å². The van der Waals surface area contributed by atoms with Gasteiger partial charge in [-0.1, -0.05) is 30.3 Å². The fourth-order valence-electron chi connectivity index (χ4n) is 2.92. The predicted octanol–water partition coefficient (Wildman–Crippen LogP) is 1.41. The summed E-state index contributed by atoms with van der Waals surface area (Å²) in [5.41, 5.74) is 1.65. The van der Waals surface area contributed by atoms with Gasteiger partial charge in [-0.3, -0.25) is 19.7 Å². The molecule has 3 rings (SSSR count). The van der Waals surface area contributed by atoms with Crippen molar-refractivity contribution in [1.29, 1.82) is 0 Å². The van der Waals surface area contributed by atoms with E-state index < -0.39 is 11.9 Å². The number of nitrogens with one attached hydrogen (secondary N) is 1. The lowest BCUT2D eigenvalue weighted by molar-refractivity contribution is -0.126. The van der Waals surface area contributed by atoms with Crippen molar-refractivity contribution < 1.29 is 14.4 Å². The van der Waals surface area contributed by atoms with E-state index in [1.54, 1.807) is 19.2 Å². The van der Waals surface area contributed by atoms with Crippen LogP contribution in [0.4, 0.5) is 0 Å². The summed E-state index contributed by atoms with van der Waals surface area (Å²) in [5.74, 6) is -0.976. The number of rotatable bonds is 5. The molecule has 6 nitrogen and oxygen atoms in total. The van der Waals surface area contributed by atoms with Crippen LogP contribution in [0, 0.1) is 0 Å². The zero-order valence-electron chi connectivity index (χ0n) is 13.4. The molecule has 1 aromatic heterocycles. The van der Waals surface area contributed by atoms with Gasteiger partial charge in [0.05, 0.1) is 12.0 Å². The van der Waals surface area contributed by atoms with Crippen LogP contribution in [-0.4, -0.2) is 39.8 Å². The molecular formula is C18H19N3O3. The summed E-state index contributed by atoms with van der Waals surface area (Å²) in [4.78, 5) is 37.4. The Morgan fingerprint density at radius 1 is 1.25 bits per heavy atom. The molecule has 124 valence electrons. The molecule has 2 heterocycles. The van der Waals surface area contributed by atoms with E-state index in [-0.39, 0.29) is 18.2 Å². The molecule has 24 heavy (non-hydrogen) atoms. The van der Waals surface area contributed by atoms with Crippen molar-refractivity contribution in [3.8, 4) is 0 Å². The largest absolute Gasteiger partial charge is 0.349 e. The van der Waals surface area contributed by atoms with Crippen molar-refractivity contribution in [3.05, 3.63) is 59.9 Å². The van der Waals surface area contributed by atoms with Gasteiger partial charge in [-0.2, -0.15) is 0 Å². The molecular weight excluding hydrogens is 306 g/mol. The quantitative estimate of drug-likeness (QED) is 0.845. The Hall–Kier alpha value is -2.89. The van der Waals surface area contributed by atoms with Crippen LogP contribution in [0.15, 0.2) is 48.8 Å². The molecule has 1 atom stereocenters. The van der Waals surface area contributed by atoms with Gasteiger partial charge in [0.1, 0.15) is 6.04 Å². The van der Waals surface area contributed by atoms with E-state index >= 15 is 0 Å². The van der Waals surface area contributed by atoms with Gasteiger partial charge in [-0.15, -0.1) is 0 Å². The van der Waals surface area contributed by atoms with Gasteiger partial charge < -0.3 is 9.47 Å². The lowest BCUT2D eigenvalue weighted by Crippen LogP contribution is -2.44. The van der Waals surface area contributed by atoms with Gasteiger partial charge in [0.2, 0.25) is 11.8 Å². The average molecular weight is 325 g/mol. The maximum atomic E-state index is 12.7. The molecule has 0 unspecified atom stereocenters. The second-order valence-electron chi connectivity index (χ2n) is 5.78. The lowest BCUT2D eigenvalue weighted by Gasteiger charge is -2.24. The monoisotopic (exact) mass is 325 g/mol. The molecule has 0 aliphatic carbocycles. The summed E-state index contributed by atoms with van der Waals surface area (Å²) >= 11 is 0. The number of carbonyl (C=O) groups excluding carboxylic acids is 3. The Bertz CT molecular complexity index is 767. The fraction of sp³-hybridized carbons (Fsp3) is 0.278. The zero-order valence-corrected chi connectivity index (χ0v) is 13.4. The van der Waals surface area contributed by atoms with E-state index in [0.717, 1.165) is 5.56 Å². The highest BCUT2D eigenvalue weighted by atomic mass is 16.2. The van der Waals surface area contributed by atoms with Crippen LogP contribution in [0.3, 0.4) is 0 Å². The third-order valence-electron chi connectivity index (χ3n) is 4.13. The van der Waals surface area contributed by atoms with Crippen LogP contribution >= 0.6 is 0 Å². The van der Waals surface area contributed by atoms with Crippen molar-refractivity contribution in [2.75, 3.05) is 6.54 Å². The molecule has 1 aromatic carbocycles. The lowest BCUT2D eigenvalue weighted by atomic mass is 10.1. The van der Waals surface area contributed by atoms with Gasteiger partial charge in [-0.25, -0.2) is 0 Å². The Morgan fingerprint density at radius 2 is 2.00 bits per heavy atom. The number of aromatic nitrogens is 1. The van der Waals surface area contributed by atoms with Crippen molar-refractivity contribution in [3.63, 3.8) is 0 Å². The van der Waals surface area contributed by atoms with E-state index in [1.165, 1.54) is 4.90 Å². The first-order valence-corrected chi connectivity index (χ1v) is 7.93. The van der Waals surface area contributed by atoms with E-state index in [2.05, 4.69) is 5.32 Å². The number of hydrogen-bond donors (Lipinski definition) is 1. The van der Waals surface area contributed by atoms with Crippen LogP contribution in [0.25, 0.3) is 0 Å². The van der Waals surface area contributed by atoms with E-state index in [4.69, 9.17) is 0 Å². The number of nitrogens with zero attached hydrogens (tertiary/aromatic N) is 2. The van der Waals surface area contributed by atoms with E-state index in [0.29, 0.717) is 18.7 Å². The second-order valence-corrected chi connectivity index (χ2v) is 5.78. The Balaban J connectivity index is 1.75. The summed E-state index contributed by atoms with van der Waals surface area (Å²) in [6.07, 6.45) is 3.64. The van der Waals surface area contributed by atoms with Crippen molar-refractivity contribution in [1.82, 2.24) is 14.8 Å². The fourth-order valence-corrected chi connectivity index (χ4v) is 2.92. The third-order valence-corrected chi connectivity index (χ3v) is 4.13. The molecule has 6 heteroatoms. The van der Waals surface area contributed by atoms with Crippen LogP contribution < -0.4 is 5.32 Å². The number of likely N-dealkylation sites (N-methyl/N-ethyl adjacent to an activating group) is 1. The maximum absolute atomic E-state index is 12.7. The molecule has 1 aliphatic heterocycles. The van der Waals surface area contributed by atoms with Gasteiger partial charge in [-0.05, 0) is 18.6 Å². The SMILES string of the molecule is CCN(C(=O)c1ccn(Cc2ccccc2)c1)[C@H]1CC(=O)NC1=O. The summed E-state index contributed by atoms with van der Waals surface area (Å²) < 4.78 is 1.93. The minimum atomic E-state index is -0.715. The van der Waals surface area contributed by atoms with Gasteiger partial charge in [0.15, 0.2) is 0 Å². The Kier molecular flexibility index (Phi) is 4.46. The minimum Gasteiger partial charge on any atom is -0.349 e. The zero-order chi connectivity index (χ0) is 17.1. The molecule has 0 bridgehead atoms. The molecule has 1 N–H and O–H groups in total. The molecule has 1 fully saturated rings. The number of carbonyl (C=O) groups is 3. The maximum Gasteiger partial charge on any atom is 0.256 e. The van der Waals surface area contributed by atoms with E-state index in [9.17, 15) is 14.4 Å². The first-order valence-electron chi connectivity index (χ1n) is 7.93. The van der Waals surface area contributed by atoms with Gasteiger partial charge in [0.25, 0.3) is 5.91 Å². The number of hydrogen-bond acceptors (Lipinski definition) is 3. The minimum absolute atomic E-state index is 0.0309. The molecule has 3 amide bonds. The molecule has 0 radical (unpaired) electrons. The van der Waals surface area contributed by atoms with Crippen molar-refractivity contribution >= 4 is 17.7 Å². The summed E-state index contributed by atoms with van der Waals surface area (Å²) in [6.45, 7) is 2.84. The summed E-state index contributed by atoms with van der Waals surface area (Å²) in [6, 6.07) is 11.0. The van der Waals surface area contributed by atoms with Crippen molar-refractivity contribution in [2.24, 2.45) is 0 Å². The van der Waals surface area contributed by atoms with Gasteiger partial charge in [0, 0.05) is 25.5 Å². The number of imide groups is 1. The highest BCUT2D eigenvalue weighted by Gasteiger charge is 2.37. The van der Waals surface area contributed by atoms with Gasteiger partial charge >= 0.3 is 0 Å². The number of amides is 3. The van der Waals surface area contributed by atoms with Crippen LogP contribution in [0.1, 0.15) is 29.3 Å². The molecule has 1 saturated heterocycles. The molecule has 1 aliphatic rings. The summed E-state index contributed by atoms with van der Waals surface area (Å²) in [5, 5.41) is 2.25. The smallest absolute Gasteiger partial charge is 0.256 e. The van der Waals surface area contributed by atoms with E-state index in [1.807, 2.05) is 41.1 Å². The standard InChI is InChI=1S/C18H19N3O3/c1-2-21(15-10-16(22)19-17(15)23)18(24)14-8-9-20(12-14)11-13-6-4-3-5-7-13/h3-9,12,15H,2,10-11H2,1H3,(H,19,22,23)/t15-/m0/s1. The number of benzene rings is 1. The van der Waals surface area contributed by atoms with Crippen molar-refractivity contribution in [2.45, 2.75) is 25.9 Å². The first kappa shape index (κ1) is 16.0. The predicted molar refractivity (Wildman–Crippen MR) is 88.2 cm³/mol. The molecule has 0 spiro atoms. The van der Waals surface area contributed by atoms with Crippen LogP contribution in [-0.2, 0) is 16.1 Å². The average Bonchev–Trinajstić information content (AvgIpc) is 3.16. The summed E-state index contributed by atoms with van der Waals surface area (Å²) in [7, 11) is 0. The van der Waals surface area contributed by atoms with Crippen LogP contribution in [0.5, 0.6) is 0 Å². The Labute approximate surface area is 140 Å². The third kappa shape index (κ3) is 3.22.